The third-order valence-corrected chi connectivity index (χ3v) is 3.54. The highest BCUT2D eigenvalue weighted by Crippen LogP contribution is 2.36. The zero-order chi connectivity index (χ0) is 15.6. The second-order valence-electron chi connectivity index (χ2n) is 4.64. The number of halogens is 2. The molecule has 0 amide bonds. The third-order valence-electron chi connectivity index (χ3n) is 3.00. The van der Waals surface area contributed by atoms with E-state index in [0.29, 0.717) is 10.7 Å². The molecule has 0 saturated heterocycles. The number of aliphatic imine (C=N–C) groups is 1. The number of phenols is 1. The highest BCUT2D eigenvalue weighted by molar-refractivity contribution is 6.32. The van der Waals surface area contributed by atoms with Gasteiger partial charge in [-0.05, 0) is 43.2 Å². The molecule has 21 heavy (non-hydrogen) atoms. The van der Waals surface area contributed by atoms with Gasteiger partial charge in [0, 0.05) is 10.7 Å². The highest BCUT2D eigenvalue weighted by atomic mass is 35.5. The lowest BCUT2D eigenvalue weighted by Gasteiger charge is -2.11. The minimum absolute atomic E-state index is 0.0933. The van der Waals surface area contributed by atoms with Gasteiger partial charge in [-0.3, -0.25) is 0 Å². The Balaban J connectivity index is 2.34. The summed E-state index contributed by atoms with van der Waals surface area (Å²) in [7, 11) is 0. The minimum Gasteiger partial charge on any atom is -0.504 e. The van der Waals surface area contributed by atoms with E-state index in [0.717, 1.165) is 16.8 Å². The van der Waals surface area contributed by atoms with Crippen molar-refractivity contribution >= 4 is 40.5 Å². The topological polar surface area (TPSA) is 70.6 Å². The standard InChI is InChI=1S/C15H15Cl2N3O/c1-8-3-5-10(16)7-12(8)19-15(18)20-13-9(2)4-6-11(17)14(13)21/h3-7,21H,1-2H3,(H3,18,19,20). The van der Waals surface area contributed by atoms with Gasteiger partial charge in [0.15, 0.2) is 11.7 Å². The second-order valence-corrected chi connectivity index (χ2v) is 5.49. The molecule has 6 heteroatoms. The summed E-state index contributed by atoms with van der Waals surface area (Å²) in [5, 5.41) is 13.7. The molecule has 0 heterocycles. The third kappa shape index (κ3) is 3.60. The van der Waals surface area contributed by atoms with Gasteiger partial charge >= 0.3 is 0 Å². The van der Waals surface area contributed by atoms with Crippen LogP contribution in [0.3, 0.4) is 0 Å². The van der Waals surface area contributed by atoms with Crippen LogP contribution in [0.25, 0.3) is 0 Å². The largest absolute Gasteiger partial charge is 0.504 e. The molecular weight excluding hydrogens is 309 g/mol. The Bertz CT molecular complexity index is 714. The molecule has 0 aromatic heterocycles. The molecule has 0 aliphatic heterocycles. The van der Waals surface area contributed by atoms with Crippen molar-refractivity contribution in [1.82, 2.24) is 0 Å². The molecule has 0 unspecified atom stereocenters. The van der Waals surface area contributed by atoms with Gasteiger partial charge in [-0.2, -0.15) is 0 Å². The predicted molar refractivity (Wildman–Crippen MR) is 88.9 cm³/mol. The molecule has 0 fully saturated rings. The summed E-state index contributed by atoms with van der Waals surface area (Å²) in [6.07, 6.45) is 0. The first kappa shape index (κ1) is 15.5. The number of hydrogen-bond donors (Lipinski definition) is 3. The quantitative estimate of drug-likeness (QED) is 0.567. The number of nitrogens with two attached hydrogens (primary N) is 1. The lowest BCUT2D eigenvalue weighted by Crippen LogP contribution is -2.22. The fourth-order valence-electron chi connectivity index (χ4n) is 1.81. The number of anilines is 1. The van der Waals surface area contributed by atoms with Crippen molar-refractivity contribution in [2.75, 3.05) is 5.32 Å². The van der Waals surface area contributed by atoms with Crippen LogP contribution in [-0.2, 0) is 0 Å². The Morgan fingerprint density at radius 2 is 1.81 bits per heavy atom. The van der Waals surface area contributed by atoms with Crippen LogP contribution >= 0.6 is 23.2 Å². The summed E-state index contributed by atoms with van der Waals surface area (Å²) in [6.45, 7) is 3.74. The maximum absolute atomic E-state index is 9.95. The molecule has 0 aliphatic rings. The number of hydrogen-bond acceptors (Lipinski definition) is 2. The molecule has 110 valence electrons. The number of benzene rings is 2. The summed E-state index contributed by atoms with van der Waals surface area (Å²) < 4.78 is 0. The summed E-state index contributed by atoms with van der Waals surface area (Å²) >= 11 is 11.8. The zero-order valence-corrected chi connectivity index (χ0v) is 13.1. The van der Waals surface area contributed by atoms with Crippen molar-refractivity contribution in [2.24, 2.45) is 10.7 Å². The van der Waals surface area contributed by atoms with Gasteiger partial charge in [-0.15, -0.1) is 0 Å². The molecule has 4 N–H and O–H groups in total. The average Bonchev–Trinajstić information content (AvgIpc) is 2.43. The van der Waals surface area contributed by atoms with Crippen molar-refractivity contribution in [1.29, 1.82) is 0 Å². The Morgan fingerprint density at radius 3 is 2.52 bits per heavy atom. The van der Waals surface area contributed by atoms with Crippen LogP contribution in [0.5, 0.6) is 5.75 Å². The van der Waals surface area contributed by atoms with E-state index in [1.54, 1.807) is 24.3 Å². The van der Waals surface area contributed by atoms with Gasteiger partial charge in [0.2, 0.25) is 0 Å². The number of rotatable bonds is 2. The number of phenolic OH excluding ortho intramolecular Hbond substituents is 1. The number of guanidine groups is 1. The van der Waals surface area contributed by atoms with E-state index in [1.807, 2.05) is 19.9 Å². The van der Waals surface area contributed by atoms with E-state index >= 15 is 0 Å². The van der Waals surface area contributed by atoms with E-state index in [9.17, 15) is 5.11 Å². The van der Waals surface area contributed by atoms with Crippen LogP contribution in [0.15, 0.2) is 35.3 Å². The summed E-state index contributed by atoms with van der Waals surface area (Å²) in [4.78, 5) is 4.19. The van der Waals surface area contributed by atoms with Gasteiger partial charge in [0.05, 0.1) is 5.02 Å². The molecule has 2 rings (SSSR count). The Morgan fingerprint density at radius 1 is 1.14 bits per heavy atom. The predicted octanol–water partition coefficient (Wildman–Crippen LogP) is 4.37. The van der Waals surface area contributed by atoms with Crippen molar-refractivity contribution < 1.29 is 5.11 Å². The zero-order valence-electron chi connectivity index (χ0n) is 11.6. The van der Waals surface area contributed by atoms with Crippen molar-refractivity contribution in [2.45, 2.75) is 13.8 Å². The maximum atomic E-state index is 9.95. The van der Waals surface area contributed by atoms with Crippen molar-refractivity contribution in [3.8, 4) is 5.75 Å². The molecular formula is C15H15Cl2N3O. The summed E-state index contributed by atoms with van der Waals surface area (Å²) in [5.74, 6) is 0.0465. The van der Waals surface area contributed by atoms with E-state index in [-0.39, 0.29) is 16.7 Å². The van der Waals surface area contributed by atoms with Gasteiger partial charge < -0.3 is 16.2 Å². The van der Waals surface area contributed by atoms with Gasteiger partial charge in [-0.1, -0.05) is 35.3 Å². The Labute approximate surface area is 133 Å². The smallest absolute Gasteiger partial charge is 0.198 e. The van der Waals surface area contributed by atoms with Crippen LogP contribution in [0.4, 0.5) is 11.4 Å². The molecule has 0 spiro atoms. The number of nitrogens with one attached hydrogen (secondary N) is 1. The number of aryl methyl sites for hydroxylation is 2. The second kappa shape index (κ2) is 6.24. The monoisotopic (exact) mass is 323 g/mol. The van der Waals surface area contributed by atoms with Crippen molar-refractivity contribution in [3.05, 3.63) is 51.5 Å². The van der Waals surface area contributed by atoms with Crippen LogP contribution < -0.4 is 11.1 Å². The van der Waals surface area contributed by atoms with Crippen molar-refractivity contribution in [3.63, 3.8) is 0 Å². The van der Waals surface area contributed by atoms with Crippen LogP contribution in [0.1, 0.15) is 11.1 Å². The number of aromatic hydroxyl groups is 1. The van der Waals surface area contributed by atoms with Crippen LogP contribution in [0, 0.1) is 13.8 Å². The first-order valence-electron chi connectivity index (χ1n) is 6.24. The molecule has 0 bridgehead atoms. The Kier molecular flexibility index (Phi) is 4.60. The molecule has 2 aromatic carbocycles. The molecule has 0 atom stereocenters. The van der Waals surface area contributed by atoms with Gasteiger partial charge in [0.1, 0.15) is 5.69 Å². The molecule has 0 aliphatic carbocycles. The van der Waals surface area contributed by atoms with Crippen LogP contribution in [-0.4, -0.2) is 11.1 Å². The number of nitrogens with zero attached hydrogens (tertiary/aromatic N) is 1. The summed E-state index contributed by atoms with van der Waals surface area (Å²) in [6, 6.07) is 8.79. The molecule has 0 saturated carbocycles. The van der Waals surface area contributed by atoms with Crippen LogP contribution in [0.2, 0.25) is 10.0 Å². The normalized spacial score (nSPS) is 11.5. The molecule has 4 nitrogen and oxygen atoms in total. The maximum Gasteiger partial charge on any atom is 0.198 e. The van der Waals surface area contributed by atoms with Gasteiger partial charge in [0.25, 0.3) is 0 Å². The molecule has 2 aromatic rings. The SMILES string of the molecule is Cc1ccc(Cl)cc1NC(N)=Nc1c(C)ccc(Cl)c1O. The van der Waals surface area contributed by atoms with E-state index in [4.69, 9.17) is 28.9 Å². The average molecular weight is 324 g/mol. The molecule has 0 radical (unpaired) electrons. The van der Waals surface area contributed by atoms with E-state index < -0.39 is 0 Å². The Hall–Kier alpha value is -1.91. The minimum atomic E-state index is -0.0933. The lowest BCUT2D eigenvalue weighted by molar-refractivity contribution is 0.477. The first-order chi connectivity index (χ1) is 9.88. The van der Waals surface area contributed by atoms with E-state index in [1.165, 1.54) is 0 Å². The fourth-order valence-corrected chi connectivity index (χ4v) is 2.14. The lowest BCUT2D eigenvalue weighted by atomic mass is 10.2. The first-order valence-corrected chi connectivity index (χ1v) is 6.99. The van der Waals surface area contributed by atoms with E-state index in [2.05, 4.69) is 10.3 Å². The summed E-state index contributed by atoms with van der Waals surface area (Å²) in [5.41, 5.74) is 8.72. The fraction of sp³-hybridized carbons (Fsp3) is 0.133. The highest BCUT2D eigenvalue weighted by Gasteiger charge is 2.09. The van der Waals surface area contributed by atoms with Gasteiger partial charge in [-0.25, -0.2) is 4.99 Å².